The van der Waals surface area contributed by atoms with Gasteiger partial charge in [-0.3, -0.25) is 0 Å². The Morgan fingerprint density at radius 2 is 1.71 bits per heavy atom. The molecule has 0 unspecified atom stereocenters. The molecular formula is C12H18ClN. The quantitative estimate of drug-likeness (QED) is 0.752. The van der Waals surface area contributed by atoms with E-state index in [0.717, 1.165) is 11.4 Å². The van der Waals surface area contributed by atoms with Crippen LogP contribution in [-0.2, 0) is 6.42 Å². The predicted octanol–water partition coefficient (Wildman–Crippen LogP) is 3.27. The van der Waals surface area contributed by atoms with Crippen molar-refractivity contribution < 1.29 is 0 Å². The van der Waals surface area contributed by atoms with E-state index in [4.69, 9.17) is 11.6 Å². The predicted molar refractivity (Wildman–Crippen MR) is 62.9 cm³/mol. The average Bonchev–Trinajstić information content (AvgIpc) is 2.77. The second kappa shape index (κ2) is 6.86. The number of halogens is 1. The summed E-state index contributed by atoms with van der Waals surface area (Å²) in [5.41, 5.74) is 1.33. The lowest BCUT2D eigenvalue weighted by Crippen LogP contribution is -2.03. The Labute approximate surface area is 91.5 Å². The molecule has 1 aliphatic heterocycles. The highest BCUT2D eigenvalue weighted by atomic mass is 35.5. The largest absolute Gasteiger partial charge is 0.317 e. The van der Waals surface area contributed by atoms with Crippen molar-refractivity contribution in [3.63, 3.8) is 0 Å². The van der Waals surface area contributed by atoms with Gasteiger partial charge in [-0.15, -0.1) is 0 Å². The molecule has 78 valence electrons. The number of nitrogens with one attached hydrogen (secondary N) is 1. The van der Waals surface area contributed by atoms with Crippen LogP contribution in [0.5, 0.6) is 0 Å². The van der Waals surface area contributed by atoms with Gasteiger partial charge in [-0.25, -0.2) is 0 Å². The molecule has 1 nitrogen and oxygen atoms in total. The van der Waals surface area contributed by atoms with Crippen molar-refractivity contribution in [3.05, 3.63) is 34.9 Å². The van der Waals surface area contributed by atoms with E-state index in [1.54, 1.807) is 0 Å². The third-order valence-corrected chi connectivity index (χ3v) is 2.53. The first-order chi connectivity index (χ1) is 6.83. The standard InChI is InChI=1S/C8H9Cl.C4H9N/c1-2-7-3-5-8(9)6-4-7;1-2-4-5-3-1/h3-6H,2H2,1H3;5H,1-4H2. The fourth-order valence-electron chi connectivity index (χ4n) is 1.35. The topological polar surface area (TPSA) is 12.0 Å². The first-order valence-corrected chi connectivity index (χ1v) is 5.66. The van der Waals surface area contributed by atoms with Gasteiger partial charge in [-0.1, -0.05) is 30.7 Å². The second-order valence-electron chi connectivity index (χ2n) is 3.44. The lowest BCUT2D eigenvalue weighted by molar-refractivity contribution is 0.857. The van der Waals surface area contributed by atoms with Gasteiger partial charge < -0.3 is 5.32 Å². The summed E-state index contributed by atoms with van der Waals surface area (Å²) in [6.07, 6.45) is 3.86. The zero-order valence-corrected chi connectivity index (χ0v) is 9.48. The van der Waals surface area contributed by atoms with Gasteiger partial charge in [0, 0.05) is 5.02 Å². The van der Waals surface area contributed by atoms with Crippen LogP contribution in [0, 0.1) is 0 Å². The Bertz CT molecular complexity index is 231. The SMILES string of the molecule is C1CCNC1.CCc1ccc(Cl)cc1. The number of rotatable bonds is 1. The molecule has 1 aromatic carbocycles. The van der Waals surface area contributed by atoms with Crippen LogP contribution in [0.1, 0.15) is 25.3 Å². The maximum Gasteiger partial charge on any atom is 0.0406 e. The molecule has 1 aromatic rings. The molecule has 0 aromatic heterocycles. The van der Waals surface area contributed by atoms with Crippen LogP contribution in [0.3, 0.4) is 0 Å². The molecule has 2 rings (SSSR count). The van der Waals surface area contributed by atoms with Gasteiger partial charge in [0.1, 0.15) is 0 Å². The Morgan fingerprint density at radius 3 is 2.07 bits per heavy atom. The molecule has 0 saturated carbocycles. The monoisotopic (exact) mass is 211 g/mol. The molecule has 0 radical (unpaired) electrons. The van der Waals surface area contributed by atoms with Gasteiger partial charge in [0.15, 0.2) is 0 Å². The molecule has 0 amide bonds. The number of benzene rings is 1. The first kappa shape index (κ1) is 11.5. The van der Waals surface area contributed by atoms with E-state index in [9.17, 15) is 0 Å². The Morgan fingerprint density at radius 1 is 1.14 bits per heavy atom. The molecule has 0 spiro atoms. The van der Waals surface area contributed by atoms with Crippen molar-refractivity contribution in [2.45, 2.75) is 26.2 Å². The van der Waals surface area contributed by atoms with Crippen molar-refractivity contribution in [2.24, 2.45) is 0 Å². The summed E-state index contributed by atoms with van der Waals surface area (Å²) in [5, 5.41) is 4.03. The third kappa shape index (κ3) is 4.64. The molecule has 1 saturated heterocycles. The summed E-state index contributed by atoms with van der Waals surface area (Å²) in [5.74, 6) is 0. The second-order valence-corrected chi connectivity index (χ2v) is 3.87. The average molecular weight is 212 g/mol. The van der Waals surface area contributed by atoms with Crippen LogP contribution < -0.4 is 5.32 Å². The first-order valence-electron chi connectivity index (χ1n) is 5.28. The van der Waals surface area contributed by atoms with Crippen LogP contribution in [0.4, 0.5) is 0 Å². The number of hydrogen-bond donors (Lipinski definition) is 1. The zero-order valence-electron chi connectivity index (χ0n) is 8.72. The smallest absolute Gasteiger partial charge is 0.0406 e. The van der Waals surface area contributed by atoms with Gasteiger partial charge >= 0.3 is 0 Å². The van der Waals surface area contributed by atoms with Crippen molar-refractivity contribution in [1.29, 1.82) is 0 Å². The van der Waals surface area contributed by atoms with Crippen molar-refractivity contribution in [2.75, 3.05) is 13.1 Å². The summed E-state index contributed by atoms with van der Waals surface area (Å²) in [4.78, 5) is 0. The minimum absolute atomic E-state index is 0.812. The molecule has 1 heterocycles. The summed E-state index contributed by atoms with van der Waals surface area (Å²) in [6, 6.07) is 7.92. The van der Waals surface area contributed by atoms with Crippen LogP contribution in [0.2, 0.25) is 5.02 Å². The minimum Gasteiger partial charge on any atom is -0.317 e. The van der Waals surface area contributed by atoms with E-state index < -0.39 is 0 Å². The Kier molecular flexibility index (Phi) is 5.65. The highest BCUT2D eigenvalue weighted by Crippen LogP contribution is 2.09. The van der Waals surface area contributed by atoms with Crippen LogP contribution in [0.25, 0.3) is 0 Å². The van der Waals surface area contributed by atoms with Crippen molar-refractivity contribution >= 4 is 11.6 Å². The van der Waals surface area contributed by atoms with Crippen molar-refractivity contribution in [1.82, 2.24) is 5.32 Å². The minimum atomic E-state index is 0.812. The fraction of sp³-hybridized carbons (Fsp3) is 0.500. The lowest BCUT2D eigenvalue weighted by atomic mass is 10.2. The van der Waals surface area contributed by atoms with E-state index in [2.05, 4.69) is 12.2 Å². The molecule has 0 aliphatic carbocycles. The lowest BCUT2D eigenvalue weighted by Gasteiger charge is -1.93. The normalized spacial score (nSPS) is 14.7. The molecule has 0 bridgehead atoms. The molecule has 1 fully saturated rings. The van der Waals surface area contributed by atoms with E-state index >= 15 is 0 Å². The van der Waals surface area contributed by atoms with Crippen LogP contribution in [-0.4, -0.2) is 13.1 Å². The summed E-state index contributed by atoms with van der Waals surface area (Å²) < 4.78 is 0. The number of hydrogen-bond acceptors (Lipinski definition) is 1. The van der Waals surface area contributed by atoms with Crippen LogP contribution in [0.15, 0.2) is 24.3 Å². The molecule has 0 atom stereocenters. The highest BCUT2D eigenvalue weighted by Gasteiger charge is 1.93. The van der Waals surface area contributed by atoms with Crippen molar-refractivity contribution in [3.8, 4) is 0 Å². The molecule has 2 heteroatoms. The van der Waals surface area contributed by atoms with Gasteiger partial charge in [-0.2, -0.15) is 0 Å². The van der Waals surface area contributed by atoms with E-state index in [1.807, 2.05) is 24.3 Å². The molecule has 14 heavy (non-hydrogen) atoms. The molecule has 1 N–H and O–H groups in total. The fourth-order valence-corrected chi connectivity index (χ4v) is 1.47. The summed E-state index contributed by atoms with van der Waals surface area (Å²) in [6.45, 7) is 4.63. The summed E-state index contributed by atoms with van der Waals surface area (Å²) >= 11 is 5.67. The van der Waals surface area contributed by atoms with E-state index in [1.165, 1.54) is 31.5 Å². The van der Waals surface area contributed by atoms with Gasteiger partial charge in [0.25, 0.3) is 0 Å². The third-order valence-electron chi connectivity index (χ3n) is 2.28. The van der Waals surface area contributed by atoms with Gasteiger partial charge in [0.2, 0.25) is 0 Å². The maximum absolute atomic E-state index is 5.67. The summed E-state index contributed by atoms with van der Waals surface area (Å²) in [7, 11) is 0. The Hall–Kier alpha value is -0.530. The highest BCUT2D eigenvalue weighted by molar-refractivity contribution is 6.30. The van der Waals surface area contributed by atoms with Gasteiger partial charge in [-0.05, 0) is 50.0 Å². The maximum atomic E-state index is 5.67. The van der Waals surface area contributed by atoms with Crippen LogP contribution >= 0.6 is 11.6 Å². The number of aryl methyl sites for hydroxylation is 1. The van der Waals surface area contributed by atoms with E-state index in [0.29, 0.717) is 0 Å². The Balaban J connectivity index is 0.000000165. The zero-order chi connectivity index (χ0) is 10.2. The van der Waals surface area contributed by atoms with Gasteiger partial charge in [0.05, 0.1) is 0 Å². The van der Waals surface area contributed by atoms with E-state index in [-0.39, 0.29) is 0 Å². The molecule has 1 aliphatic rings. The molecular weight excluding hydrogens is 194 g/mol.